The van der Waals surface area contributed by atoms with Gasteiger partial charge in [0.15, 0.2) is 0 Å². The predicted molar refractivity (Wildman–Crippen MR) is 154 cm³/mol. The Morgan fingerprint density at radius 2 is 0.919 bits per heavy atom. The molecule has 0 N–H and O–H groups in total. The number of nitrogens with zero attached hydrogens (tertiary/aromatic N) is 4. The van der Waals surface area contributed by atoms with Crippen molar-refractivity contribution in [3.05, 3.63) is 96.6 Å². The molecule has 0 radical (unpaired) electrons. The highest BCUT2D eigenvalue weighted by molar-refractivity contribution is 6.03. The van der Waals surface area contributed by atoms with Crippen molar-refractivity contribution in [2.75, 3.05) is 0 Å². The summed E-state index contributed by atoms with van der Waals surface area (Å²) < 4.78 is 0. The molecule has 4 heterocycles. The zero-order chi connectivity index (χ0) is 25.2. The monoisotopic (exact) mass is 484 g/mol. The summed E-state index contributed by atoms with van der Waals surface area (Å²) >= 11 is 0. The molecule has 0 aliphatic carbocycles. The van der Waals surface area contributed by atoms with Crippen LogP contribution in [0, 0.1) is 0 Å². The molecule has 0 unspecified atom stereocenters. The highest BCUT2D eigenvalue weighted by atomic mass is 14.8. The van der Waals surface area contributed by atoms with Crippen LogP contribution in [0.25, 0.3) is 43.6 Å². The number of hydrogen-bond donors (Lipinski definition) is 0. The summed E-state index contributed by atoms with van der Waals surface area (Å²) in [5, 5.41) is 4.48. The van der Waals surface area contributed by atoms with Gasteiger partial charge in [0.2, 0.25) is 0 Å². The predicted octanol–water partition coefficient (Wildman–Crippen LogP) is 8.55. The van der Waals surface area contributed by atoms with Gasteiger partial charge in [-0.3, -0.25) is 9.97 Å². The first-order valence-electron chi connectivity index (χ1n) is 13.5. The molecular formula is C33H32N4. The molecule has 0 aliphatic rings. The summed E-state index contributed by atoms with van der Waals surface area (Å²) in [5.74, 6) is 0. The minimum absolute atomic E-state index is 0.276. The first-order chi connectivity index (χ1) is 18.2. The second-order valence-electron chi connectivity index (χ2n) is 10.1. The van der Waals surface area contributed by atoms with Crippen molar-refractivity contribution in [3.8, 4) is 0 Å². The van der Waals surface area contributed by atoms with Crippen molar-refractivity contribution in [2.45, 2.75) is 57.8 Å². The summed E-state index contributed by atoms with van der Waals surface area (Å²) in [4.78, 5) is 20.2. The summed E-state index contributed by atoms with van der Waals surface area (Å²) in [6, 6.07) is 25.7. The molecule has 0 spiro atoms. The van der Waals surface area contributed by atoms with E-state index in [-0.39, 0.29) is 5.41 Å². The van der Waals surface area contributed by atoms with Gasteiger partial charge in [-0.05, 0) is 37.1 Å². The van der Waals surface area contributed by atoms with Crippen molar-refractivity contribution in [2.24, 2.45) is 0 Å². The van der Waals surface area contributed by atoms with Gasteiger partial charge >= 0.3 is 0 Å². The van der Waals surface area contributed by atoms with Crippen molar-refractivity contribution in [3.63, 3.8) is 0 Å². The minimum Gasteiger partial charge on any atom is -0.254 e. The van der Waals surface area contributed by atoms with Crippen LogP contribution < -0.4 is 0 Å². The summed E-state index contributed by atoms with van der Waals surface area (Å²) in [5.41, 5.74) is 5.79. The molecule has 2 aromatic carbocycles. The molecule has 6 rings (SSSR count). The van der Waals surface area contributed by atoms with Gasteiger partial charge in [-0.2, -0.15) is 0 Å². The van der Waals surface area contributed by atoms with Crippen LogP contribution in [0.4, 0.5) is 0 Å². The standard InChI is InChI=1S/C33H32N4/c1-3-5-19-33(20-6-4-2,27-17-15-25-13-11-23-9-7-21-34-29(23)31(25)36-27)28-18-16-26-14-12-24-10-8-22-35-30(24)32(26)37-28/h7-18,21-22H,3-6,19-20H2,1-2H3. The van der Waals surface area contributed by atoms with E-state index in [9.17, 15) is 0 Å². The van der Waals surface area contributed by atoms with E-state index in [4.69, 9.17) is 19.9 Å². The highest BCUT2D eigenvalue weighted by Gasteiger charge is 2.36. The second kappa shape index (κ2) is 9.85. The van der Waals surface area contributed by atoms with Gasteiger partial charge in [0, 0.05) is 33.9 Å². The molecule has 4 aromatic heterocycles. The van der Waals surface area contributed by atoms with Crippen LogP contribution in [-0.4, -0.2) is 19.9 Å². The molecule has 0 saturated carbocycles. The Hall–Kier alpha value is -3.92. The lowest BCUT2D eigenvalue weighted by Gasteiger charge is -2.34. The maximum absolute atomic E-state index is 5.38. The molecule has 0 atom stereocenters. The Morgan fingerprint density at radius 3 is 1.35 bits per heavy atom. The lowest BCUT2D eigenvalue weighted by atomic mass is 9.72. The second-order valence-corrected chi connectivity index (χ2v) is 10.1. The van der Waals surface area contributed by atoms with E-state index in [2.05, 4.69) is 74.5 Å². The number of rotatable bonds is 8. The minimum atomic E-state index is -0.276. The fourth-order valence-corrected chi connectivity index (χ4v) is 5.71. The van der Waals surface area contributed by atoms with Crippen molar-refractivity contribution in [1.29, 1.82) is 0 Å². The van der Waals surface area contributed by atoms with E-state index in [1.54, 1.807) is 0 Å². The van der Waals surface area contributed by atoms with Crippen LogP contribution in [0.5, 0.6) is 0 Å². The SMILES string of the molecule is CCCCC(CCCC)(c1ccc2ccc3cccnc3c2n1)c1ccc2ccc3cccnc3c2n1. The van der Waals surface area contributed by atoms with Gasteiger partial charge in [-0.1, -0.05) is 88.1 Å². The van der Waals surface area contributed by atoms with Gasteiger partial charge in [-0.25, -0.2) is 9.97 Å². The Bertz CT molecular complexity index is 1590. The van der Waals surface area contributed by atoms with Crippen molar-refractivity contribution in [1.82, 2.24) is 19.9 Å². The summed E-state index contributed by atoms with van der Waals surface area (Å²) in [6.45, 7) is 4.53. The molecule has 0 bridgehead atoms. The van der Waals surface area contributed by atoms with Gasteiger partial charge in [0.05, 0.1) is 38.9 Å². The average molecular weight is 485 g/mol. The van der Waals surface area contributed by atoms with Crippen LogP contribution in [-0.2, 0) is 5.41 Å². The van der Waals surface area contributed by atoms with Crippen LogP contribution >= 0.6 is 0 Å². The maximum atomic E-state index is 5.38. The normalized spacial score (nSPS) is 12.2. The third-order valence-corrected chi connectivity index (χ3v) is 7.76. The Kier molecular flexibility index (Phi) is 6.25. The molecule has 0 aliphatic heterocycles. The molecule has 184 valence electrons. The summed E-state index contributed by atoms with van der Waals surface area (Å²) in [7, 11) is 0. The Balaban J connectivity index is 1.63. The first kappa shape index (κ1) is 23.5. The molecule has 4 nitrogen and oxygen atoms in total. The maximum Gasteiger partial charge on any atom is 0.0968 e. The van der Waals surface area contributed by atoms with Gasteiger partial charge < -0.3 is 0 Å². The lowest BCUT2D eigenvalue weighted by molar-refractivity contribution is 0.388. The molecule has 0 fully saturated rings. The number of unbranched alkanes of at least 4 members (excludes halogenated alkanes) is 2. The number of aromatic nitrogens is 4. The van der Waals surface area contributed by atoms with E-state index >= 15 is 0 Å². The smallest absolute Gasteiger partial charge is 0.0968 e. The van der Waals surface area contributed by atoms with Crippen LogP contribution in [0.15, 0.2) is 85.2 Å². The highest BCUT2D eigenvalue weighted by Crippen LogP contribution is 2.42. The van der Waals surface area contributed by atoms with E-state index in [1.165, 1.54) is 0 Å². The van der Waals surface area contributed by atoms with Crippen LogP contribution in [0.2, 0.25) is 0 Å². The zero-order valence-corrected chi connectivity index (χ0v) is 21.6. The largest absolute Gasteiger partial charge is 0.254 e. The topological polar surface area (TPSA) is 51.6 Å². The number of fused-ring (bicyclic) bond motifs is 6. The Morgan fingerprint density at radius 1 is 0.514 bits per heavy atom. The van der Waals surface area contributed by atoms with E-state index in [0.717, 1.165) is 93.5 Å². The Labute approximate surface area is 217 Å². The van der Waals surface area contributed by atoms with E-state index < -0.39 is 0 Å². The third-order valence-electron chi connectivity index (χ3n) is 7.76. The molecule has 4 heteroatoms. The summed E-state index contributed by atoms with van der Waals surface area (Å²) in [6.07, 6.45) is 10.2. The number of pyridine rings is 4. The molecular weight excluding hydrogens is 452 g/mol. The van der Waals surface area contributed by atoms with Gasteiger partial charge in [0.25, 0.3) is 0 Å². The number of benzene rings is 2. The molecule has 0 saturated heterocycles. The van der Waals surface area contributed by atoms with E-state index in [0.29, 0.717) is 0 Å². The zero-order valence-electron chi connectivity index (χ0n) is 21.6. The molecule has 37 heavy (non-hydrogen) atoms. The van der Waals surface area contributed by atoms with Crippen molar-refractivity contribution < 1.29 is 0 Å². The lowest BCUT2D eigenvalue weighted by Crippen LogP contribution is -2.30. The fraction of sp³-hybridized carbons (Fsp3) is 0.273. The quantitative estimate of drug-likeness (QED) is 0.203. The third kappa shape index (κ3) is 4.11. The van der Waals surface area contributed by atoms with Crippen LogP contribution in [0.3, 0.4) is 0 Å². The first-order valence-corrected chi connectivity index (χ1v) is 13.5. The average Bonchev–Trinajstić information content (AvgIpc) is 2.97. The van der Waals surface area contributed by atoms with Gasteiger partial charge in [0.1, 0.15) is 0 Å². The molecule has 0 amide bonds. The fourth-order valence-electron chi connectivity index (χ4n) is 5.71. The van der Waals surface area contributed by atoms with E-state index in [1.807, 2.05) is 24.5 Å². The molecule has 6 aromatic rings. The van der Waals surface area contributed by atoms with Gasteiger partial charge in [-0.15, -0.1) is 0 Å². The van der Waals surface area contributed by atoms with Crippen LogP contribution in [0.1, 0.15) is 63.8 Å². The van der Waals surface area contributed by atoms with Crippen molar-refractivity contribution >= 4 is 43.6 Å². The number of hydrogen-bond acceptors (Lipinski definition) is 4.